The highest BCUT2D eigenvalue weighted by atomic mass is 19.4. The van der Waals surface area contributed by atoms with E-state index in [9.17, 15) is 22.4 Å². The van der Waals surface area contributed by atoms with Crippen molar-refractivity contribution >= 4 is 11.6 Å². The summed E-state index contributed by atoms with van der Waals surface area (Å²) in [6.45, 7) is 1.60. The molecule has 26 heavy (non-hydrogen) atoms. The molecule has 0 aliphatic carbocycles. The van der Waals surface area contributed by atoms with Crippen molar-refractivity contribution in [1.82, 2.24) is 10.1 Å². The van der Waals surface area contributed by atoms with Gasteiger partial charge < -0.3 is 9.84 Å². The zero-order valence-electron chi connectivity index (χ0n) is 13.3. The van der Waals surface area contributed by atoms with E-state index in [0.29, 0.717) is 5.56 Å². The van der Waals surface area contributed by atoms with Gasteiger partial charge in [-0.15, -0.1) is 0 Å². The Morgan fingerprint density at radius 1 is 1.12 bits per heavy atom. The van der Waals surface area contributed by atoms with Crippen LogP contribution in [0.1, 0.15) is 21.8 Å². The maximum Gasteiger partial charge on any atom is 0.471 e. The zero-order valence-corrected chi connectivity index (χ0v) is 13.3. The van der Waals surface area contributed by atoms with E-state index in [1.54, 1.807) is 13.0 Å². The fraction of sp³-hybridized carbons (Fsp3) is 0.118. The molecule has 0 radical (unpaired) electrons. The Balaban J connectivity index is 1.75. The molecule has 0 fully saturated rings. The van der Waals surface area contributed by atoms with Crippen LogP contribution in [0, 0.1) is 12.7 Å². The van der Waals surface area contributed by atoms with Gasteiger partial charge in [-0.1, -0.05) is 23.4 Å². The Bertz CT molecular complexity index is 949. The van der Waals surface area contributed by atoms with Gasteiger partial charge >= 0.3 is 12.1 Å². The second-order valence-electron chi connectivity index (χ2n) is 5.42. The summed E-state index contributed by atoms with van der Waals surface area (Å²) >= 11 is 0. The normalized spacial score (nSPS) is 11.4. The van der Waals surface area contributed by atoms with Crippen molar-refractivity contribution in [2.75, 3.05) is 5.32 Å². The number of amides is 1. The lowest BCUT2D eigenvalue weighted by Crippen LogP contribution is -2.12. The maximum absolute atomic E-state index is 13.5. The van der Waals surface area contributed by atoms with E-state index in [4.69, 9.17) is 0 Å². The number of halogens is 4. The smallest absolute Gasteiger partial charge is 0.329 e. The summed E-state index contributed by atoms with van der Waals surface area (Å²) in [6.07, 6.45) is -4.73. The van der Waals surface area contributed by atoms with Crippen LogP contribution in [0.25, 0.3) is 11.4 Å². The lowest BCUT2D eigenvalue weighted by Gasteiger charge is -2.06. The van der Waals surface area contributed by atoms with Crippen LogP contribution in [-0.4, -0.2) is 16.0 Å². The summed E-state index contributed by atoms with van der Waals surface area (Å²) in [7, 11) is 0. The van der Waals surface area contributed by atoms with Gasteiger partial charge in [-0.2, -0.15) is 18.2 Å². The third-order valence-corrected chi connectivity index (χ3v) is 3.50. The molecule has 1 heterocycles. The molecule has 5 nitrogen and oxygen atoms in total. The predicted octanol–water partition coefficient (Wildman–Crippen LogP) is 4.46. The average molecular weight is 365 g/mol. The Hall–Kier alpha value is -3.23. The molecule has 2 aromatic carbocycles. The maximum atomic E-state index is 13.5. The number of carbonyl (C=O) groups is 1. The van der Waals surface area contributed by atoms with Gasteiger partial charge in [-0.05, 0) is 36.8 Å². The van der Waals surface area contributed by atoms with Gasteiger partial charge in [0.1, 0.15) is 5.82 Å². The van der Waals surface area contributed by atoms with E-state index in [1.807, 2.05) is 0 Å². The average Bonchev–Trinajstić information content (AvgIpc) is 3.09. The number of carbonyl (C=O) groups excluding carboxylic acids is 1. The van der Waals surface area contributed by atoms with E-state index >= 15 is 0 Å². The molecular formula is C17H11F4N3O2. The minimum absolute atomic E-state index is 0.231. The molecule has 0 aliphatic heterocycles. The summed E-state index contributed by atoms with van der Waals surface area (Å²) in [5, 5.41) is 5.80. The van der Waals surface area contributed by atoms with Gasteiger partial charge in [-0.3, -0.25) is 4.79 Å². The number of alkyl halides is 3. The van der Waals surface area contributed by atoms with E-state index in [2.05, 4.69) is 20.0 Å². The molecule has 0 saturated heterocycles. The fourth-order valence-electron chi connectivity index (χ4n) is 2.10. The Morgan fingerprint density at radius 3 is 2.38 bits per heavy atom. The molecule has 0 aliphatic rings. The molecular weight excluding hydrogens is 354 g/mol. The van der Waals surface area contributed by atoms with Gasteiger partial charge in [0, 0.05) is 16.8 Å². The van der Waals surface area contributed by atoms with Gasteiger partial charge in [0.25, 0.3) is 5.91 Å². The molecule has 1 amide bonds. The van der Waals surface area contributed by atoms with Crippen molar-refractivity contribution in [3.63, 3.8) is 0 Å². The van der Waals surface area contributed by atoms with Crippen LogP contribution in [0.15, 0.2) is 47.0 Å². The van der Waals surface area contributed by atoms with Gasteiger partial charge in [0.05, 0.1) is 0 Å². The van der Waals surface area contributed by atoms with E-state index in [0.717, 1.165) is 0 Å². The van der Waals surface area contributed by atoms with E-state index in [-0.39, 0.29) is 22.6 Å². The van der Waals surface area contributed by atoms with Crippen LogP contribution in [-0.2, 0) is 6.18 Å². The van der Waals surface area contributed by atoms with Crippen LogP contribution in [0.2, 0.25) is 0 Å². The summed E-state index contributed by atoms with van der Waals surface area (Å²) in [5.74, 6) is -2.64. The number of aromatic nitrogens is 2. The lowest BCUT2D eigenvalue weighted by atomic mass is 10.1. The molecule has 0 spiro atoms. The molecule has 0 bridgehead atoms. The molecule has 0 unspecified atom stereocenters. The first-order chi connectivity index (χ1) is 12.2. The van der Waals surface area contributed by atoms with Gasteiger partial charge in [-0.25, -0.2) is 4.39 Å². The van der Waals surface area contributed by atoms with E-state index < -0.39 is 23.8 Å². The molecule has 0 saturated carbocycles. The number of nitrogens with zero attached hydrogens (tertiary/aromatic N) is 2. The number of aryl methyl sites for hydroxylation is 1. The van der Waals surface area contributed by atoms with Crippen LogP contribution < -0.4 is 5.32 Å². The minimum atomic E-state index is -4.73. The third-order valence-electron chi connectivity index (χ3n) is 3.50. The number of benzene rings is 2. The molecule has 3 rings (SSSR count). The number of anilines is 1. The predicted molar refractivity (Wildman–Crippen MR) is 83.8 cm³/mol. The quantitative estimate of drug-likeness (QED) is 0.696. The molecule has 1 aromatic heterocycles. The zero-order chi connectivity index (χ0) is 18.9. The number of hydrogen-bond acceptors (Lipinski definition) is 4. The molecule has 9 heteroatoms. The highest BCUT2D eigenvalue weighted by Gasteiger charge is 2.38. The third kappa shape index (κ3) is 3.71. The largest absolute Gasteiger partial charge is 0.471 e. The topological polar surface area (TPSA) is 68.0 Å². The van der Waals surface area contributed by atoms with Crippen LogP contribution in [0.4, 0.5) is 23.2 Å². The standard InChI is InChI=1S/C17H11F4N3O2/c1-9-2-7-12(8-13(9)18)22-15(25)11-5-3-10(4-6-11)14-23-16(26-24-14)17(19,20)21/h2-8H,1H3,(H,22,25). The van der Waals surface area contributed by atoms with E-state index in [1.165, 1.54) is 36.4 Å². The van der Waals surface area contributed by atoms with Crippen molar-refractivity contribution in [2.45, 2.75) is 13.1 Å². The van der Waals surface area contributed by atoms with Gasteiger partial charge in [0.2, 0.25) is 5.82 Å². The lowest BCUT2D eigenvalue weighted by molar-refractivity contribution is -0.159. The molecule has 3 aromatic rings. The van der Waals surface area contributed by atoms with Crippen LogP contribution in [0.3, 0.4) is 0 Å². The first kappa shape index (κ1) is 17.6. The first-order valence-corrected chi connectivity index (χ1v) is 7.33. The second kappa shape index (κ2) is 6.58. The molecule has 1 N–H and O–H groups in total. The summed E-state index contributed by atoms with van der Waals surface area (Å²) in [5.41, 5.74) is 1.22. The Kier molecular flexibility index (Phi) is 4.45. The van der Waals surface area contributed by atoms with Crippen molar-refractivity contribution < 1.29 is 26.9 Å². The second-order valence-corrected chi connectivity index (χ2v) is 5.42. The summed E-state index contributed by atoms with van der Waals surface area (Å²) < 4.78 is 55.1. The first-order valence-electron chi connectivity index (χ1n) is 7.33. The Labute approximate surface area is 144 Å². The highest BCUT2D eigenvalue weighted by molar-refractivity contribution is 6.04. The van der Waals surface area contributed by atoms with Crippen molar-refractivity contribution in [3.8, 4) is 11.4 Å². The fourth-order valence-corrected chi connectivity index (χ4v) is 2.10. The SMILES string of the molecule is Cc1ccc(NC(=O)c2ccc(-c3noc(C(F)(F)F)n3)cc2)cc1F. The summed E-state index contributed by atoms with van der Waals surface area (Å²) in [4.78, 5) is 15.4. The van der Waals surface area contributed by atoms with Crippen LogP contribution in [0.5, 0.6) is 0 Å². The molecule has 134 valence electrons. The van der Waals surface area contributed by atoms with Gasteiger partial charge in [0.15, 0.2) is 0 Å². The van der Waals surface area contributed by atoms with Crippen LogP contribution >= 0.6 is 0 Å². The van der Waals surface area contributed by atoms with Crippen molar-refractivity contribution in [3.05, 3.63) is 65.3 Å². The number of rotatable bonds is 3. The summed E-state index contributed by atoms with van der Waals surface area (Å²) in [6, 6.07) is 9.83. The number of nitrogens with one attached hydrogen (secondary N) is 1. The van der Waals surface area contributed by atoms with Crippen molar-refractivity contribution in [1.29, 1.82) is 0 Å². The number of hydrogen-bond donors (Lipinski definition) is 1. The highest BCUT2D eigenvalue weighted by Crippen LogP contribution is 2.29. The minimum Gasteiger partial charge on any atom is -0.329 e. The molecule has 0 atom stereocenters. The Morgan fingerprint density at radius 2 is 1.81 bits per heavy atom. The van der Waals surface area contributed by atoms with Crippen molar-refractivity contribution in [2.24, 2.45) is 0 Å². The monoisotopic (exact) mass is 365 g/mol.